The third-order valence-electron chi connectivity index (χ3n) is 3.89. The second-order valence-corrected chi connectivity index (χ2v) is 7.23. The summed E-state index contributed by atoms with van der Waals surface area (Å²) in [4.78, 5) is 1.75. The number of anilines is 1. The van der Waals surface area contributed by atoms with Crippen molar-refractivity contribution in [3.8, 4) is 0 Å². The van der Waals surface area contributed by atoms with E-state index in [2.05, 4.69) is 0 Å². The third kappa shape index (κ3) is 2.60. The number of halogens is 1. The van der Waals surface area contributed by atoms with Crippen LogP contribution >= 0.6 is 0 Å². The number of sulfonamides is 1. The van der Waals surface area contributed by atoms with Gasteiger partial charge in [0.2, 0.25) is 10.0 Å². The van der Waals surface area contributed by atoms with E-state index in [1.54, 1.807) is 0 Å². The second kappa shape index (κ2) is 5.70. The molecule has 4 nitrogen and oxygen atoms in total. The van der Waals surface area contributed by atoms with Crippen LogP contribution in [-0.2, 0) is 16.6 Å². The maximum Gasteiger partial charge on any atom is 0.246 e. The Balaban J connectivity index is 2.01. The van der Waals surface area contributed by atoms with E-state index in [1.165, 1.54) is 28.6 Å². The first-order valence-corrected chi connectivity index (χ1v) is 8.48. The molecule has 22 heavy (non-hydrogen) atoms. The average molecular weight is 320 g/mol. The van der Waals surface area contributed by atoms with Gasteiger partial charge in [-0.3, -0.25) is 0 Å². The molecule has 0 aromatic heterocycles. The summed E-state index contributed by atoms with van der Waals surface area (Å²) >= 11 is 0. The summed E-state index contributed by atoms with van der Waals surface area (Å²) in [6.07, 6.45) is 0. The summed E-state index contributed by atoms with van der Waals surface area (Å²) in [7, 11) is -1.92. The predicted octanol–water partition coefficient (Wildman–Crippen LogP) is 2.47. The van der Waals surface area contributed by atoms with Gasteiger partial charge in [0.15, 0.2) is 0 Å². The fraction of sp³-hybridized carbons (Fsp3) is 0.250. The van der Waals surface area contributed by atoms with E-state index in [0.29, 0.717) is 13.1 Å². The van der Waals surface area contributed by atoms with E-state index in [4.69, 9.17) is 0 Å². The standard InChI is InChI=1S/C16H17FN2O2S/c1-18-10-11-19(12-13-6-2-4-8-15(13)18)22(20,21)16-9-5-3-7-14(16)17/h2-9H,10-12H2,1H3. The quantitative estimate of drug-likeness (QED) is 0.853. The molecule has 3 rings (SSSR count). The number of hydrogen-bond donors (Lipinski definition) is 0. The molecule has 0 saturated carbocycles. The van der Waals surface area contributed by atoms with Gasteiger partial charge in [-0.1, -0.05) is 30.3 Å². The number of benzene rings is 2. The lowest BCUT2D eigenvalue weighted by atomic mass is 10.1. The van der Waals surface area contributed by atoms with Crippen LogP contribution in [-0.4, -0.2) is 32.9 Å². The Labute approximate surface area is 129 Å². The highest BCUT2D eigenvalue weighted by molar-refractivity contribution is 7.89. The molecule has 1 heterocycles. The molecule has 1 aliphatic heterocycles. The van der Waals surface area contributed by atoms with E-state index >= 15 is 0 Å². The van der Waals surface area contributed by atoms with Gasteiger partial charge in [0.05, 0.1) is 0 Å². The largest absolute Gasteiger partial charge is 0.373 e. The normalized spacial score (nSPS) is 16.2. The molecule has 0 amide bonds. The lowest BCUT2D eigenvalue weighted by Gasteiger charge is -2.21. The number of nitrogens with zero attached hydrogens (tertiary/aromatic N) is 2. The number of likely N-dealkylation sites (N-methyl/N-ethyl adjacent to an activating group) is 1. The van der Waals surface area contributed by atoms with Gasteiger partial charge < -0.3 is 4.90 Å². The van der Waals surface area contributed by atoms with E-state index in [-0.39, 0.29) is 11.4 Å². The molecule has 116 valence electrons. The molecule has 0 spiro atoms. The van der Waals surface area contributed by atoms with E-state index in [9.17, 15) is 12.8 Å². The molecule has 0 fully saturated rings. The lowest BCUT2D eigenvalue weighted by Crippen LogP contribution is -2.34. The first-order chi connectivity index (χ1) is 10.5. The SMILES string of the molecule is CN1CCN(S(=O)(=O)c2ccccc2F)Cc2ccccc21. The van der Waals surface area contributed by atoms with Crippen molar-refractivity contribution in [2.75, 3.05) is 25.0 Å². The molecule has 0 radical (unpaired) electrons. The van der Waals surface area contributed by atoms with Gasteiger partial charge in [0.25, 0.3) is 0 Å². The highest BCUT2D eigenvalue weighted by Gasteiger charge is 2.30. The fourth-order valence-electron chi connectivity index (χ4n) is 2.67. The number of hydrogen-bond acceptors (Lipinski definition) is 3. The highest BCUT2D eigenvalue weighted by atomic mass is 32.2. The second-order valence-electron chi connectivity index (χ2n) is 5.32. The van der Waals surface area contributed by atoms with Gasteiger partial charge in [-0.05, 0) is 23.8 Å². The first-order valence-electron chi connectivity index (χ1n) is 7.04. The number of para-hydroxylation sites is 1. The molecule has 1 aliphatic rings. The smallest absolute Gasteiger partial charge is 0.246 e. The van der Waals surface area contributed by atoms with Crippen LogP contribution in [0, 0.1) is 5.82 Å². The molecule has 0 bridgehead atoms. The zero-order valence-electron chi connectivity index (χ0n) is 12.2. The Bertz CT molecular complexity index is 792. The van der Waals surface area contributed by atoms with Crippen molar-refractivity contribution >= 4 is 15.7 Å². The van der Waals surface area contributed by atoms with Gasteiger partial charge in [-0.2, -0.15) is 4.31 Å². The summed E-state index contributed by atoms with van der Waals surface area (Å²) in [5.74, 6) is -0.714. The topological polar surface area (TPSA) is 40.6 Å². The predicted molar refractivity (Wildman–Crippen MR) is 83.7 cm³/mol. The van der Waals surface area contributed by atoms with Gasteiger partial charge in [-0.25, -0.2) is 12.8 Å². The lowest BCUT2D eigenvalue weighted by molar-refractivity contribution is 0.416. The summed E-state index contributed by atoms with van der Waals surface area (Å²) in [6, 6.07) is 13.2. The number of fused-ring (bicyclic) bond motifs is 1. The van der Waals surface area contributed by atoms with E-state index in [1.807, 2.05) is 36.2 Å². The monoisotopic (exact) mass is 320 g/mol. The minimum atomic E-state index is -3.85. The molecule has 0 N–H and O–H groups in total. The molecule has 6 heteroatoms. The van der Waals surface area contributed by atoms with Crippen LogP contribution in [0.15, 0.2) is 53.4 Å². The summed E-state index contributed by atoms with van der Waals surface area (Å²) in [5, 5.41) is 0. The van der Waals surface area contributed by atoms with E-state index in [0.717, 1.165) is 11.3 Å². The molecular weight excluding hydrogens is 303 g/mol. The highest BCUT2D eigenvalue weighted by Crippen LogP contribution is 2.27. The Kier molecular flexibility index (Phi) is 3.88. The molecular formula is C16H17FN2O2S. The van der Waals surface area contributed by atoms with Gasteiger partial charge in [-0.15, -0.1) is 0 Å². The van der Waals surface area contributed by atoms with Crippen LogP contribution < -0.4 is 4.90 Å². The fourth-order valence-corrected chi connectivity index (χ4v) is 4.14. The van der Waals surface area contributed by atoms with Gasteiger partial charge in [0.1, 0.15) is 10.7 Å². The van der Waals surface area contributed by atoms with Crippen LogP contribution in [0.25, 0.3) is 0 Å². The first kappa shape index (κ1) is 15.0. The Morgan fingerprint density at radius 1 is 1.00 bits per heavy atom. The van der Waals surface area contributed by atoms with Crippen LogP contribution in [0.2, 0.25) is 0 Å². The van der Waals surface area contributed by atoms with Gasteiger partial charge >= 0.3 is 0 Å². The van der Waals surface area contributed by atoms with Crippen molar-refractivity contribution < 1.29 is 12.8 Å². The van der Waals surface area contributed by atoms with Crippen molar-refractivity contribution in [2.24, 2.45) is 0 Å². The van der Waals surface area contributed by atoms with Crippen LogP contribution in [0.3, 0.4) is 0 Å². The van der Waals surface area contributed by atoms with Crippen molar-refractivity contribution in [2.45, 2.75) is 11.4 Å². The van der Waals surface area contributed by atoms with Crippen LogP contribution in [0.4, 0.5) is 10.1 Å². The molecule has 0 unspecified atom stereocenters. The molecule has 0 saturated heterocycles. The Morgan fingerprint density at radius 3 is 2.45 bits per heavy atom. The maximum absolute atomic E-state index is 13.9. The molecule has 2 aromatic rings. The minimum Gasteiger partial charge on any atom is -0.373 e. The van der Waals surface area contributed by atoms with Gasteiger partial charge in [0, 0.05) is 32.4 Å². The molecule has 2 aromatic carbocycles. The Hall–Kier alpha value is -1.92. The van der Waals surface area contributed by atoms with Crippen molar-refractivity contribution in [3.63, 3.8) is 0 Å². The average Bonchev–Trinajstić information content (AvgIpc) is 2.68. The minimum absolute atomic E-state index is 0.247. The van der Waals surface area contributed by atoms with Crippen molar-refractivity contribution in [1.29, 1.82) is 0 Å². The number of rotatable bonds is 2. The Morgan fingerprint density at radius 2 is 1.68 bits per heavy atom. The third-order valence-corrected chi connectivity index (χ3v) is 5.77. The van der Waals surface area contributed by atoms with Crippen molar-refractivity contribution in [1.82, 2.24) is 4.31 Å². The summed E-state index contributed by atoms with van der Waals surface area (Å²) in [5.41, 5.74) is 1.93. The van der Waals surface area contributed by atoms with E-state index < -0.39 is 15.8 Å². The maximum atomic E-state index is 13.9. The molecule has 0 aliphatic carbocycles. The van der Waals surface area contributed by atoms with Crippen LogP contribution in [0.1, 0.15) is 5.56 Å². The summed E-state index contributed by atoms with van der Waals surface area (Å²) in [6.45, 7) is 1.13. The summed E-state index contributed by atoms with van der Waals surface area (Å²) < 4.78 is 40.7. The molecule has 0 atom stereocenters. The van der Waals surface area contributed by atoms with Crippen LogP contribution in [0.5, 0.6) is 0 Å². The zero-order chi connectivity index (χ0) is 15.7. The van der Waals surface area contributed by atoms with Crippen molar-refractivity contribution in [3.05, 3.63) is 59.9 Å². The zero-order valence-corrected chi connectivity index (χ0v) is 13.1.